The quantitative estimate of drug-likeness (QED) is 0.137. The zero-order chi connectivity index (χ0) is 29.3. The van der Waals surface area contributed by atoms with E-state index >= 15 is 0 Å². The molecule has 0 aliphatic carbocycles. The first-order chi connectivity index (χ1) is 19.0. The Labute approximate surface area is 250 Å². The number of benzene rings is 4. The number of ether oxygens (including phenoxy) is 1. The van der Waals surface area contributed by atoms with Crippen LogP contribution in [0.25, 0.3) is 0 Å². The minimum atomic E-state index is -0.723. The van der Waals surface area contributed by atoms with Gasteiger partial charge in [-0.3, -0.25) is 0 Å². The SMILES string of the molecule is CO[C@H](Cc1ccccc1)c1ccc(C(C)(C)C)cc1P(c1ccccc1)c1ccccc1.[C-]#[O+].[C-]#[O+].[C-]#[O+].[Cr]. The fourth-order valence-corrected chi connectivity index (χ4v) is 6.75. The molecule has 40 heavy (non-hydrogen) atoms. The Balaban J connectivity index is 0.00000204. The van der Waals surface area contributed by atoms with Crippen LogP contribution in [0.1, 0.15) is 43.6 Å². The molecule has 0 N–H and O–H groups in total. The Kier molecular flexibility index (Phi) is 18.5. The molecule has 4 aromatic carbocycles. The standard InChI is InChI=1S/C31H33OP.3CO.Cr/c1-31(2,3)25-20-21-28(29(32-4)22-24-14-8-5-9-15-24)30(23-25)33(26-16-10-6-11-17-26)27-18-12-7-13-19-27;3*1-2;/h5-21,23,29H,22H2,1-4H3;;;;/t29-;;;;/m1..../s1. The van der Waals surface area contributed by atoms with E-state index in [0.29, 0.717) is 0 Å². The summed E-state index contributed by atoms with van der Waals surface area (Å²) in [4.78, 5) is 0. The average molecular weight is 589 g/mol. The van der Waals surface area contributed by atoms with Crippen LogP contribution in [-0.2, 0) is 47.9 Å². The van der Waals surface area contributed by atoms with Gasteiger partial charge in [-0.1, -0.05) is 124 Å². The number of hydrogen-bond acceptors (Lipinski definition) is 1. The fourth-order valence-electron chi connectivity index (χ4n) is 4.21. The summed E-state index contributed by atoms with van der Waals surface area (Å²) in [6.07, 6.45) is 0.847. The summed E-state index contributed by atoms with van der Waals surface area (Å²) >= 11 is 0. The minimum absolute atomic E-state index is 0. The summed E-state index contributed by atoms with van der Waals surface area (Å²) in [6, 6.07) is 39.6. The second kappa shape index (κ2) is 20.0. The molecule has 6 heteroatoms. The van der Waals surface area contributed by atoms with Crippen molar-refractivity contribution < 1.29 is 36.1 Å². The van der Waals surface area contributed by atoms with E-state index < -0.39 is 7.92 Å². The molecule has 0 spiro atoms. The first kappa shape index (κ1) is 37.0. The Morgan fingerprint density at radius 1 is 0.675 bits per heavy atom. The topological polar surface area (TPSA) is 68.9 Å². The molecule has 0 fully saturated rings. The molecule has 0 amide bonds. The smallest absolute Gasteiger partial charge is 0 e. The molecule has 4 aromatic rings. The van der Waals surface area contributed by atoms with Gasteiger partial charge in [-0.2, -0.15) is 0 Å². The van der Waals surface area contributed by atoms with Crippen LogP contribution in [0.2, 0.25) is 0 Å². The van der Waals surface area contributed by atoms with Gasteiger partial charge in [0.15, 0.2) is 0 Å². The Morgan fingerprint density at radius 2 is 1.10 bits per heavy atom. The molecule has 0 unspecified atom stereocenters. The normalized spacial score (nSPS) is 10.6. The van der Waals surface area contributed by atoms with Gasteiger partial charge < -0.3 is 4.74 Å². The third-order valence-corrected chi connectivity index (χ3v) is 8.56. The molecule has 0 aromatic heterocycles. The van der Waals surface area contributed by atoms with E-state index in [4.69, 9.17) is 18.7 Å². The van der Waals surface area contributed by atoms with E-state index in [2.05, 4.69) is 150 Å². The van der Waals surface area contributed by atoms with Crippen molar-refractivity contribution in [2.75, 3.05) is 7.11 Å². The van der Waals surface area contributed by atoms with Crippen molar-refractivity contribution in [1.82, 2.24) is 0 Å². The molecule has 204 valence electrons. The minimum Gasteiger partial charge on any atom is 0 e. The second-order valence-electron chi connectivity index (χ2n) is 9.44. The van der Waals surface area contributed by atoms with Crippen molar-refractivity contribution in [2.24, 2.45) is 0 Å². The molecule has 0 bridgehead atoms. The fraction of sp³-hybridized carbons (Fsp3) is 0.206. The first-order valence-electron chi connectivity index (χ1n) is 12.2. The molecule has 0 heterocycles. The van der Waals surface area contributed by atoms with Crippen LogP contribution < -0.4 is 15.9 Å². The van der Waals surface area contributed by atoms with Crippen LogP contribution in [0, 0.1) is 20.0 Å². The van der Waals surface area contributed by atoms with Gasteiger partial charge in [0.1, 0.15) is 0 Å². The van der Waals surface area contributed by atoms with E-state index in [1.165, 1.54) is 32.6 Å². The van der Waals surface area contributed by atoms with Gasteiger partial charge >= 0.3 is 33.9 Å². The summed E-state index contributed by atoms with van der Waals surface area (Å²) in [6.45, 7) is 20.4. The molecular formula is C34H33CrO4P. The third-order valence-electron chi connectivity index (χ3n) is 6.06. The number of hydrogen-bond donors (Lipinski definition) is 0. The zero-order valence-electron chi connectivity index (χ0n) is 23.2. The number of methoxy groups -OCH3 is 1. The Morgan fingerprint density at radius 3 is 1.50 bits per heavy atom. The maximum Gasteiger partial charge on any atom is 0 e. The van der Waals surface area contributed by atoms with E-state index in [1.54, 1.807) is 0 Å². The first-order valence-corrected chi connectivity index (χ1v) is 13.5. The maximum atomic E-state index is 7.50. The molecule has 1 atom stereocenters. The molecule has 0 saturated carbocycles. The monoisotopic (exact) mass is 588 g/mol. The van der Waals surface area contributed by atoms with Crippen LogP contribution in [0.15, 0.2) is 109 Å². The van der Waals surface area contributed by atoms with Gasteiger partial charge in [-0.05, 0) is 52.0 Å². The van der Waals surface area contributed by atoms with Gasteiger partial charge in [-0.15, -0.1) is 0 Å². The van der Waals surface area contributed by atoms with Crippen LogP contribution in [0.3, 0.4) is 0 Å². The van der Waals surface area contributed by atoms with E-state index in [1.807, 2.05) is 7.11 Å². The van der Waals surface area contributed by atoms with Crippen molar-refractivity contribution in [3.63, 3.8) is 0 Å². The molecule has 0 saturated heterocycles. The molecule has 0 aliphatic rings. The third kappa shape index (κ3) is 10.5. The largest absolute Gasteiger partial charge is 0 e. The second-order valence-corrected chi connectivity index (χ2v) is 11.6. The van der Waals surface area contributed by atoms with Crippen LogP contribution >= 0.6 is 7.92 Å². The summed E-state index contributed by atoms with van der Waals surface area (Å²) in [5, 5.41) is 4.11. The van der Waals surface area contributed by atoms with Gasteiger partial charge in [0.05, 0.1) is 6.10 Å². The van der Waals surface area contributed by atoms with E-state index in [0.717, 1.165) is 6.42 Å². The van der Waals surface area contributed by atoms with E-state index in [-0.39, 0.29) is 28.9 Å². The van der Waals surface area contributed by atoms with Crippen molar-refractivity contribution in [2.45, 2.75) is 38.7 Å². The maximum absolute atomic E-state index is 7.50. The van der Waals surface area contributed by atoms with Crippen LogP contribution in [0.5, 0.6) is 0 Å². The Bertz CT molecular complexity index is 1240. The molecular weight excluding hydrogens is 555 g/mol. The predicted molar refractivity (Wildman–Crippen MR) is 156 cm³/mol. The van der Waals surface area contributed by atoms with Crippen molar-refractivity contribution in [3.8, 4) is 0 Å². The van der Waals surface area contributed by atoms with Crippen LogP contribution in [-0.4, -0.2) is 7.11 Å². The average Bonchev–Trinajstić information content (AvgIpc) is 3.00. The molecule has 0 aliphatic heterocycles. The van der Waals surface area contributed by atoms with Gasteiger partial charge in [0.25, 0.3) is 0 Å². The van der Waals surface area contributed by atoms with Crippen LogP contribution in [0.4, 0.5) is 0 Å². The summed E-state index contributed by atoms with van der Waals surface area (Å²) in [5.74, 6) is 0. The van der Waals surface area contributed by atoms with Gasteiger partial charge in [-0.25, -0.2) is 0 Å². The summed E-state index contributed by atoms with van der Waals surface area (Å²) in [7, 11) is 1.11. The summed E-state index contributed by atoms with van der Waals surface area (Å²) in [5.41, 5.74) is 4.01. The van der Waals surface area contributed by atoms with Crippen molar-refractivity contribution in [3.05, 3.63) is 146 Å². The Hall–Kier alpha value is -2.98. The van der Waals surface area contributed by atoms with E-state index in [9.17, 15) is 0 Å². The zero-order valence-corrected chi connectivity index (χ0v) is 25.3. The van der Waals surface area contributed by atoms with Gasteiger partial charge in [0.2, 0.25) is 0 Å². The van der Waals surface area contributed by atoms with Gasteiger partial charge in [0, 0.05) is 30.9 Å². The molecule has 0 radical (unpaired) electrons. The summed E-state index contributed by atoms with van der Waals surface area (Å²) < 4.78 is 28.6. The van der Waals surface area contributed by atoms with Crippen molar-refractivity contribution >= 4 is 23.8 Å². The molecule has 4 rings (SSSR count). The number of rotatable bonds is 7. The van der Waals surface area contributed by atoms with Crippen molar-refractivity contribution in [1.29, 1.82) is 0 Å². The molecule has 4 nitrogen and oxygen atoms in total. The predicted octanol–water partition coefficient (Wildman–Crippen LogP) is 6.56.